The lowest BCUT2D eigenvalue weighted by Gasteiger charge is -2.10. The molecular formula is C8H8Cl2N2O2. The van der Waals surface area contributed by atoms with E-state index in [-0.39, 0.29) is 11.4 Å². The highest BCUT2D eigenvalue weighted by molar-refractivity contribution is 6.42. The van der Waals surface area contributed by atoms with Gasteiger partial charge in [-0.1, -0.05) is 23.2 Å². The molecule has 1 rings (SSSR count). The minimum atomic E-state index is -1.00. The van der Waals surface area contributed by atoms with Crippen molar-refractivity contribution in [3.05, 3.63) is 28.0 Å². The molecule has 3 N–H and O–H groups in total. The molecule has 1 unspecified atom stereocenters. The first-order valence-corrected chi connectivity index (χ1v) is 4.55. The van der Waals surface area contributed by atoms with Gasteiger partial charge in [0.05, 0.1) is 28.2 Å². The summed E-state index contributed by atoms with van der Waals surface area (Å²) in [6.45, 7) is 0. The van der Waals surface area contributed by atoms with Crippen LogP contribution in [0.4, 0.5) is 0 Å². The van der Waals surface area contributed by atoms with Gasteiger partial charge in [-0.25, -0.2) is 0 Å². The van der Waals surface area contributed by atoms with Crippen molar-refractivity contribution in [2.45, 2.75) is 12.5 Å². The maximum Gasteiger partial charge on any atom is 0.305 e. The quantitative estimate of drug-likeness (QED) is 0.838. The van der Waals surface area contributed by atoms with Crippen LogP contribution in [0.3, 0.4) is 0 Å². The van der Waals surface area contributed by atoms with Crippen molar-refractivity contribution in [2.24, 2.45) is 5.73 Å². The third-order valence-electron chi connectivity index (χ3n) is 1.61. The number of hydrogen-bond donors (Lipinski definition) is 2. The second-order valence-electron chi connectivity index (χ2n) is 2.70. The van der Waals surface area contributed by atoms with Crippen molar-refractivity contribution < 1.29 is 9.90 Å². The van der Waals surface area contributed by atoms with Gasteiger partial charge < -0.3 is 10.8 Å². The monoisotopic (exact) mass is 234 g/mol. The third-order valence-corrected chi connectivity index (χ3v) is 2.42. The van der Waals surface area contributed by atoms with E-state index in [1.165, 1.54) is 12.3 Å². The average Bonchev–Trinajstić information content (AvgIpc) is 2.08. The molecule has 4 nitrogen and oxygen atoms in total. The van der Waals surface area contributed by atoms with E-state index >= 15 is 0 Å². The summed E-state index contributed by atoms with van der Waals surface area (Å²) in [6.07, 6.45) is 1.21. The topological polar surface area (TPSA) is 76.2 Å². The van der Waals surface area contributed by atoms with Gasteiger partial charge in [0.1, 0.15) is 0 Å². The molecule has 0 saturated heterocycles. The first-order valence-electron chi connectivity index (χ1n) is 3.79. The summed E-state index contributed by atoms with van der Waals surface area (Å²) in [5, 5.41) is 9.05. The highest BCUT2D eigenvalue weighted by Gasteiger charge is 2.16. The summed E-state index contributed by atoms with van der Waals surface area (Å²) >= 11 is 11.5. The van der Waals surface area contributed by atoms with Crippen LogP contribution in [-0.2, 0) is 4.79 Å². The van der Waals surface area contributed by atoms with Crippen LogP contribution in [0, 0.1) is 0 Å². The smallest absolute Gasteiger partial charge is 0.305 e. The van der Waals surface area contributed by atoms with Crippen molar-refractivity contribution in [3.63, 3.8) is 0 Å². The molecular weight excluding hydrogens is 227 g/mol. The molecule has 0 amide bonds. The van der Waals surface area contributed by atoms with E-state index < -0.39 is 12.0 Å². The van der Waals surface area contributed by atoms with Crippen molar-refractivity contribution in [1.82, 2.24) is 4.98 Å². The number of halogens is 2. The summed E-state index contributed by atoms with van der Waals surface area (Å²) in [5.41, 5.74) is 5.89. The van der Waals surface area contributed by atoms with Gasteiger partial charge in [0.2, 0.25) is 0 Å². The Labute approximate surface area is 90.6 Å². The Hall–Kier alpha value is -0.840. The van der Waals surface area contributed by atoms with Crippen LogP contribution in [0.25, 0.3) is 0 Å². The predicted octanol–water partition coefficient (Wildman–Crippen LogP) is 1.86. The van der Waals surface area contributed by atoms with Gasteiger partial charge >= 0.3 is 5.97 Å². The molecule has 0 aliphatic rings. The zero-order chi connectivity index (χ0) is 10.7. The van der Waals surface area contributed by atoms with E-state index in [1.807, 2.05) is 0 Å². The first-order chi connectivity index (χ1) is 6.52. The third kappa shape index (κ3) is 2.57. The van der Waals surface area contributed by atoms with Crippen molar-refractivity contribution in [2.75, 3.05) is 0 Å². The Balaban J connectivity index is 2.95. The standard InChI is InChI=1S/C8H8Cl2N2O2/c9-4-1-2-12-8(7(4)10)5(11)3-6(13)14/h1-2,5H,3,11H2,(H,13,14). The highest BCUT2D eigenvalue weighted by atomic mass is 35.5. The van der Waals surface area contributed by atoms with Crippen LogP contribution in [0.15, 0.2) is 12.3 Å². The number of nitrogens with zero attached hydrogens (tertiary/aromatic N) is 1. The van der Waals surface area contributed by atoms with Crippen molar-refractivity contribution >= 4 is 29.2 Å². The van der Waals surface area contributed by atoms with E-state index in [4.69, 9.17) is 34.0 Å². The molecule has 0 aliphatic carbocycles. The molecule has 0 aromatic carbocycles. The maximum absolute atomic E-state index is 10.4. The van der Waals surface area contributed by atoms with Crippen LogP contribution >= 0.6 is 23.2 Å². The van der Waals surface area contributed by atoms with Crippen LogP contribution in [0.2, 0.25) is 10.0 Å². The van der Waals surface area contributed by atoms with Crippen LogP contribution < -0.4 is 5.73 Å². The van der Waals surface area contributed by atoms with Crippen molar-refractivity contribution in [1.29, 1.82) is 0 Å². The molecule has 1 aromatic heterocycles. The van der Waals surface area contributed by atoms with Crippen LogP contribution in [0.1, 0.15) is 18.2 Å². The van der Waals surface area contributed by atoms with Gasteiger partial charge in [0.15, 0.2) is 0 Å². The number of aromatic nitrogens is 1. The fourth-order valence-corrected chi connectivity index (χ4v) is 1.38. The largest absolute Gasteiger partial charge is 0.481 e. The van der Waals surface area contributed by atoms with Gasteiger partial charge in [0.25, 0.3) is 0 Å². The molecule has 6 heteroatoms. The second kappa shape index (κ2) is 4.59. The molecule has 0 radical (unpaired) electrons. The Morgan fingerprint density at radius 2 is 2.29 bits per heavy atom. The molecule has 0 fully saturated rings. The highest BCUT2D eigenvalue weighted by Crippen LogP contribution is 2.28. The predicted molar refractivity (Wildman–Crippen MR) is 53.4 cm³/mol. The van der Waals surface area contributed by atoms with E-state index in [0.29, 0.717) is 10.7 Å². The number of pyridine rings is 1. The number of carboxylic acid groups (broad SMARTS) is 1. The molecule has 0 saturated carbocycles. The summed E-state index contributed by atoms with van der Waals surface area (Å²) in [5.74, 6) is -1.00. The Morgan fingerprint density at radius 3 is 2.86 bits per heavy atom. The van der Waals surface area contributed by atoms with Gasteiger partial charge in [0, 0.05) is 6.20 Å². The molecule has 1 atom stereocenters. The van der Waals surface area contributed by atoms with Gasteiger partial charge in [-0.15, -0.1) is 0 Å². The Bertz CT molecular complexity index is 357. The van der Waals surface area contributed by atoms with E-state index in [0.717, 1.165) is 0 Å². The fourth-order valence-electron chi connectivity index (χ4n) is 0.979. The Kier molecular flexibility index (Phi) is 3.69. The minimum Gasteiger partial charge on any atom is -0.481 e. The lowest BCUT2D eigenvalue weighted by Crippen LogP contribution is -2.16. The van der Waals surface area contributed by atoms with Gasteiger partial charge in [-0.3, -0.25) is 9.78 Å². The number of aliphatic carboxylic acids is 1. The number of rotatable bonds is 3. The normalized spacial score (nSPS) is 12.5. The number of hydrogen-bond acceptors (Lipinski definition) is 3. The summed E-state index contributed by atoms with van der Waals surface area (Å²) < 4.78 is 0. The number of carboxylic acids is 1. The number of carbonyl (C=O) groups is 1. The molecule has 14 heavy (non-hydrogen) atoms. The minimum absolute atomic E-state index is 0.211. The lowest BCUT2D eigenvalue weighted by molar-refractivity contribution is -0.137. The van der Waals surface area contributed by atoms with Crippen LogP contribution in [0.5, 0.6) is 0 Å². The van der Waals surface area contributed by atoms with Crippen LogP contribution in [-0.4, -0.2) is 16.1 Å². The molecule has 0 spiro atoms. The Morgan fingerprint density at radius 1 is 1.64 bits per heavy atom. The average molecular weight is 235 g/mol. The fraction of sp³-hybridized carbons (Fsp3) is 0.250. The molecule has 1 aromatic rings. The number of nitrogens with two attached hydrogens (primary N) is 1. The van der Waals surface area contributed by atoms with E-state index in [9.17, 15) is 4.79 Å². The van der Waals surface area contributed by atoms with Gasteiger partial charge in [-0.05, 0) is 6.07 Å². The first kappa shape index (κ1) is 11.2. The van der Waals surface area contributed by atoms with Gasteiger partial charge in [-0.2, -0.15) is 0 Å². The summed E-state index contributed by atoms with van der Waals surface area (Å²) in [4.78, 5) is 14.3. The maximum atomic E-state index is 10.4. The summed E-state index contributed by atoms with van der Waals surface area (Å²) in [7, 11) is 0. The van der Waals surface area contributed by atoms with E-state index in [1.54, 1.807) is 0 Å². The zero-order valence-corrected chi connectivity index (χ0v) is 8.59. The molecule has 0 aliphatic heterocycles. The van der Waals surface area contributed by atoms with Crippen molar-refractivity contribution in [3.8, 4) is 0 Å². The lowest BCUT2D eigenvalue weighted by atomic mass is 10.1. The molecule has 1 heterocycles. The SMILES string of the molecule is NC(CC(=O)O)c1nccc(Cl)c1Cl. The summed E-state index contributed by atoms with van der Waals surface area (Å²) in [6, 6.07) is 0.777. The zero-order valence-electron chi connectivity index (χ0n) is 7.08. The van der Waals surface area contributed by atoms with E-state index in [2.05, 4.69) is 4.98 Å². The molecule has 0 bridgehead atoms. The second-order valence-corrected chi connectivity index (χ2v) is 3.48. The molecule has 76 valence electrons.